The lowest BCUT2D eigenvalue weighted by Crippen LogP contribution is -2.51. The molecule has 21 heavy (non-hydrogen) atoms. The molecule has 122 valence electrons. The zero-order valence-electron chi connectivity index (χ0n) is 13.9. The molecule has 0 unspecified atom stereocenters. The van der Waals surface area contributed by atoms with Gasteiger partial charge in [0.15, 0.2) is 0 Å². The molecular weight excluding hydrogens is 266 g/mol. The highest BCUT2D eigenvalue weighted by molar-refractivity contribution is 5.79. The van der Waals surface area contributed by atoms with Crippen molar-refractivity contribution in [3.8, 4) is 0 Å². The van der Waals surface area contributed by atoms with Crippen LogP contribution in [0.5, 0.6) is 0 Å². The van der Waals surface area contributed by atoms with Gasteiger partial charge in [-0.2, -0.15) is 0 Å². The molecule has 1 N–H and O–H groups in total. The molecule has 1 aliphatic heterocycles. The van der Waals surface area contributed by atoms with Gasteiger partial charge in [0.25, 0.3) is 0 Å². The summed E-state index contributed by atoms with van der Waals surface area (Å²) in [6.45, 7) is 4.37. The topological polar surface area (TPSA) is 44.8 Å². The van der Waals surface area contributed by atoms with Crippen molar-refractivity contribution in [1.29, 1.82) is 0 Å². The van der Waals surface area contributed by atoms with Gasteiger partial charge in [0.2, 0.25) is 5.91 Å². The Morgan fingerprint density at radius 3 is 2.71 bits per heavy atom. The van der Waals surface area contributed by atoms with Gasteiger partial charge in [-0.1, -0.05) is 12.8 Å². The Balaban J connectivity index is 1.77. The first-order valence-corrected chi connectivity index (χ1v) is 8.24. The average Bonchev–Trinajstić information content (AvgIpc) is 3.12. The van der Waals surface area contributed by atoms with Crippen molar-refractivity contribution >= 4 is 5.91 Å². The maximum Gasteiger partial charge on any atom is 0.224 e. The predicted octanol–water partition coefficient (Wildman–Crippen LogP) is 0.945. The van der Waals surface area contributed by atoms with E-state index in [0.29, 0.717) is 0 Å². The molecule has 0 aromatic heterocycles. The van der Waals surface area contributed by atoms with Gasteiger partial charge in [-0.05, 0) is 39.9 Å². The molecule has 1 saturated heterocycles. The quantitative estimate of drug-likeness (QED) is 0.760. The van der Waals surface area contributed by atoms with E-state index in [1.807, 2.05) is 0 Å². The summed E-state index contributed by atoms with van der Waals surface area (Å²) >= 11 is 0. The van der Waals surface area contributed by atoms with Crippen molar-refractivity contribution in [3.05, 3.63) is 0 Å². The van der Waals surface area contributed by atoms with Gasteiger partial charge < -0.3 is 19.9 Å². The number of methoxy groups -OCH3 is 1. The first-order valence-electron chi connectivity index (χ1n) is 8.24. The number of likely N-dealkylation sites (N-methyl/N-ethyl adjacent to an activating group) is 1. The molecule has 0 aromatic carbocycles. The van der Waals surface area contributed by atoms with Crippen molar-refractivity contribution in [2.75, 3.05) is 54.0 Å². The van der Waals surface area contributed by atoms with Crippen LogP contribution < -0.4 is 5.32 Å². The van der Waals surface area contributed by atoms with Crippen molar-refractivity contribution < 1.29 is 9.53 Å². The third-order valence-corrected chi connectivity index (χ3v) is 5.33. The number of carbonyl (C=O) groups is 1. The molecule has 0 radical (unpaired) electrons. The summed E-state index contributed by atoms with van der Waals surface area (Å²) in [6.07, 6.45) is 5.94. The molecule has 2 fully saturated rings. The van der Waals surface area contributed by atoms with Crippen LogP contribution in [0.4, 0.5) is 0 Å². The standard InChI is InChI=1S/C16H31N3O2/c1-18(2)16(7-4-5-8-16)13-17-15(20)14-6-9-19(12-14)10-11-21-3/h14H,4-13H2,1-3H3,(H,17,20)/t14-/m1/s1. The van der Waals surface area contributed by atoms with Crippen molar-refractivity contribution in [2.45, 2.75) is 37.6 Å². The largest absolute Gasteiger partial charge is 0.383 e. The fraction of sp³-hybridized carbons (Fsp3) is 0.938. The van der Waals surface area contributed by atoms with E-state index in [0.717, 1.165) is 39.2 Å². The molecule has 1 atom stereocenters. The van der Waals surface area contributed by atoms with Crippen LogP contribution in [0.25, 0.3) is 0 Å². The molecule has 5 heteroatoms. The molecule has 1 saturated carbocycles. The zero-order chi connectivity index (χ0) is 15.3. The molecule has 1 heterocycles. The van der Waals surface area contributed by atoms with Crippen LogP contribution in [0.3, 0.4) is 0 Å². The van der Waals surface area contributed by atoms with E-state index >= 15 is 0 Å². The molecule has 1 aliphatic carbocycles. The second kappa shape index (κ2) is 7.56. The van der Waals surface area contributed by atoms with Gasteiger partial charge in [0, 0.05) is 32.3 Å². The summed E-state index contributed by atoms with van der Waals surface area (Å²) in [7, 11) is 6.00. The van der Waals surface area contributed by atoms with E-state index in [1.165, 1.54) is 25.7 Å². The Morgan fingerprint density at radius 1 is 1.38 bits per heavy atom. The van der Waals surface area contributed by atoms with E-state index in [9.17, 15) is 4.79 Å². The van der Waals surface area contributed by atoms with Crippen LogP contribution >= 0.6 is 0 Å². The van der Waals surface area contributed by atoms with Crippen molar-refractivity contribution in [2.24, 2.45) is 5.92 Å². The molecule has 0 bridgehead atoms. The van der Waals surface area contributed by atoms with Crippen molar-refractivity contribution in [3.63, 3.8) is 0 Å². The fourth-order valence-corrected chi connectivity index (χ4v) is 3.68. The van der Waals surface area contributed by atoms with Gasteiger partial charge >= 0.3 is 0 Å². The smallest absolute Gasteiger partial charge is 0.224 e. The SMILES string of the molecule is COCCN1CC[C@@H](C(=O)NCC2(N(C)C)CCCC2)C1. The van der Waals surface area contributed by atoms with Gasteiger partial charge in [-0.25, -0.2) is 0 Å². The fourth-order valence-electron chi connectivity index (χ4n) is 3.68. The Kier molecular flexibility index (Phi) is 6.02. The number of amides is 1. The van der Waals surface area contributed by atoms with Crippen LogP contribution in [0, 0.1) is 5.92 Å². The highest BCUT2D eigenvalue weighted by Gasteiger charge is 2.37. The molecule has 2 rings (SSSR count). The van der Waals surface area contributed by atoms with Crippen LogP contribution in [0.2, 0.25) is 0 Å². The number of hydrogen-bond donors (Lipinski definition) is 1. The van der Waals surface area contributed by atoms with Crippen LogP contribution in [-0.2, 0) is 9.53 Å². The lowest BCUT2D eigenvalue weighted by Gasteiger charge is -2.36. The summed E-state index contributed by atoms with van der Waals surface area (Å²) in [4.78, 5) is 17.0. The normalized spacial score (nSPS) is 25.6. The minimum absolute atomic E-state index is 0.155. The van der Waals surface area contributed by atoms with E-state index in [2.05, 4.69) is 29.2 Å². The Hall–Kier alpha value is -0.650. The lowest BCUT2D eigenvalue weighted by molar-refractivity contribution is -0.125. The summed E-state index contributed by atoms with van der Waals surface area (Å²) in [5, 5.41) is 3.23. The van der Waals surface area contributed by atoms with Crippen LogP contribution in [0.15, 0.2) is 0 Å². The maximum absolute atomic E-state index is 12.4. The summed E-state index contributed by atoms with van der Waals surface area (Å²) in [5.74, 6) is 0.394. The molecule has 0 aromatic rings. The lowest BCUT2D eigenvalue weighted by atomic mass is 9.95. The molecule has 0 spiro atoms. The number of hydrogen-bond acceptors (Lipinski definition) is 4. The number of likely N-dealkylation sites (tertiary alicyclic amines) is 1. The first kappa shape index (κ1) is 16.7. The van der Waals surface area contributed by atoms with Gasteiger partial charge in [-0.15, -0.1) is 0 Å². The number of nitrogens with zero attached hydrogens (tertiary/aromatic N) is 2. The van der Waals surface area contributed by atoms with Gasteiger partial charge in [0.1, 0.15) is 0 Å². The van der Waals surface area contributed by atoms with Crippen LogP contribution in [-0.4, -0.2) is 75.2 Å². The number of rotatable bonds is 7. The third kappa shape index (κ3) is 4.18. The second-order valence-corrected chi connectivity index (χ2v) is 6.82. The minimum Gasteiger partial charge on any atom is -0.383 e. The van der Waals surface area contributed by atoms with E-state index in [-0.39, 0.29) is 17.4 Å². The summed E-state index contributed by atoms with van der Waals surface area (Å²) in [5.41, 5.74) is 0.185. The Labute approximate surface area is 129 Å². The summed E-state index contributed by atoms with van der Waals surface area (Å²) < 4.78 is 5.11. The number of ether oxygens (including phenoxy) is 1. The average molecular weight is 297 g/mol. The highest BCUT2D eigenvalue weighted by atomic mass is 16.5. The molecule has 1 amide bonds. The van der Waals surface area contributed by atoms with E-state index < -0.39 is 0 Å². The molecule has 5 nitrogen and oxygen atoms in total. The molecule has 2 aliphatic rings. The van der Waals surface area contributed by atoms with E-state index in [4.69, 9.17) is 4.74 Å². The third-order valence-electron chi connectivity index (χ3n) is 5.33. The Morgan fingerprint density at radius 2 is 2.10 bits per heavy atom. The second-order valence-electron chi connectivity index (χ2n) is 6.82. The number of nitrogens with one attached hydrogen (secondary N) is 1. The highest BCUT2D eigenvalue weighted by Crippen LogP contribution is 2.33. The minimum atomic E-state index is 0.155. The van der Waals surface area contributed by atoms with Crippen LogP contribution in [0.1, 0.15) is 32.1 Å². The Bertz CT molecular complexity index is 340. The van der Waals surface area contributed by atoms with Crippen molar-refractivity contribution in [1.82, 2.24) is 15.1 Å². The summed E-state index contributed by atoms with van der Waals surface area (Å²) in [6, 6.07) is 0. The van der Waals surface area contributed by atoms with Gasteiger partial charge in [-0.3, -0.25) is 4.79 Å². The first-order chi connectivity index (χ1) is 10.1. The van der Waals surface area contributed by atoms with Gasteiger partial charge in [0.05, 0.1) is 12.5 Å². The maximum atomic E-state index is 12.4. The number of carbonyl (C=O) groups excluding carboxylic acids is 1. The zero-order valence-corrected chi connectivity index (χ0v) is 13.9. The van der Waals surface area contributed by atoms with E-state index in [1.54, 1.807) is 7.11 Å². The molecular formula is C16H31N3O2. The monoisotopic (exact) mass is 297 g/mol. The predicted molar refractivity (Wildman–Crippen MR) is 84.3 cm³/mol.